The molecule has 6 heteroatoms. The first kappa shape index (κ1) is 29.8. The Morgan fingerprint density at radius 3 is 1.96 bits per heavy atom. The van der Waals surface area contributed by atoms with E-state index in [1.807, 2.05) is 57.2 Å². The molecule has 1 fully saturated rings. The number of likely N-dealkylation sites (tertiary alicyclic amines) is 1. The van der Waals surface area contributed by atoms with Gasteiger partial charge < -0.3 is 4.74 Å². The summed E-state index contributed by atoms with van der Waals surface area (Å²) in [6.45, 7) is 10.5. The van der Waals surface area contributed by atoms with Crippen LogP contribution in [-0.2, 0) is 10.3 Å². The van der Waals surface area contributed by atoms with Gasteiger partial charge in [-0.2, -0.15) is 5.10 Å². The summed E-state index contributed by atoms with van der Waals surface area (Å²) in [6.07, 6.45) is 5.27. The Labute approximate surface area is 265 Å². The first-order valence-corrected chi connectivity index (χ1v) is 15.5. The molecule has 0 atom stereocenters. The first-order valence-electron chi connectivity index (χ1n) is 15.5. The van der Waals surface area contributed by atoms with Gasteiger partial charge in [-0.05, 0) is 74.9 Å². The van der Waals surface area contributed by atoms with Crippen LogP contribution in [-0.4, -0.2) is 40.0 Å². The van der Waals surface area contributed by atoms with E-state index in [0.717, 1.165) is 51.0 Å². The molecule has 1 aliphatic rings. The molecule has 0 spiro atoms. The van der Waals surface area contributed by atoms with E-state index >= 15 is 0 Å². The minimum atomic E-state index is -0.812. The van der Waals surface area contributed by atoms with Crippen LogP contribution in [0.3, 0.4) is 0 Å². The van der Waals surface area contributed by atoms with Crippen LogP contribution in [0.1, 0.15) is 56.0 Å². The second-order valence-electron chi connectivity index (χ2n) is 11.5. The van der Waals surface area contributed by atoms with Crippen molar-refractivity contribution < 1.29 is 9.53 Å². The molecule has 0 N–H and O–H groups in total. The third kappa shape index (κ3) is 5.48. The zero-order chi connectivity index (χ0) is 31.4. The quantitative estimate of drug-likeness (QED) is 0.0930. The maximum absolute atomic E-state index is 12.7. The minimum absolute atomic E-state index is 0.0109. The number of amides is 1. The molecule has 0 bridgehead atoms. The zero-order valence-electron chi connectivity index (χ0n) is 26.1. The Hall–Kier alpha value is -5.23. The summed E-state index contributed by atoms with van der Waals surface area (Å²) in [5, 5.41) is 6.43. The monoisotopic (exact) mass is 594 g/mol. The number of ether oxygens (including phenoxy) is 1. The Morgan fingerprint density at radius 1 is 0.911 bits per heavy atom. The number of carbonyl (C=O) groups is 1. The standard InChI is InChI=1S/C39H38N4O2/c1-5-29(26-36(40-4)42-25-15-22-37(42)44)38-34-27-33(45-28(2)3)23-24-35(34)43(41-38)39(30-16-9-6-10-17-30,31-18-11-7-12-19-31)32-20-13-8-14-21-32/h5-14,16-21,23-24,26-28H,4,15,22,25H2,1-3H3/b29-5+,36-26+. The van der Waals surface area contributed by atoms with Crippen LogP contribution in [0.15, 0.2) is 132 Å². The molecule has 45 heavy (non-hydrogen) atoms. The Morgan fingerprint density at radius 2 is 1.49 bits per heavy atom. The molecule has 2 heterocycles. The van der Waals surface area contributed by atoms with E-state index in [9.17, 15) is 4.79 Å². The Balaban J connectivity index is 1.70. The van der Waals surface area contributed by atoms with Crippen molar-refractivity contribution in [1.82, 2.24) is 14.7 Å². The molecule has 5 aromatic rings. The van der Waals surface area contributed by atoms with Crippen molar-refractivity contribution in [2.75, 3.05) is 6.54 Å². The summed E-state index contributed by atoms with van der Waals surface area (Å²) < 4.78 is 8.33. The van der Waals surface area contributed by atoms with Crippen molar-refractivity contribution in [2.45, 2.75) is 45.3 Å². The lowest BCUT2D eigenvalue weighted by atomic mass is 9.77. The lowest BCUT2D eigenvalue weighted by molar-refractivity contribution is -0.126. The highest BCUT2D eigenvalue weighted by atomic mass is 16.5. The normalized spacial score (nSPS) is 14.4. The van der Waals surface area contributed by atoms with Crippen LogP contribution in [0.25, 0.3) is 16.5 Å². The Bertz CT molecular complexity index is 1780. The molecule has 6 rings (SSSR count). The largest absolute Gasteiger partial charge is 0.491 e. The number of aliphatic imine (C=N–C) groups is 1. The van der Waals surface area contributed by atoms with Gasteiger partial charge in [-0.15, -0.1) is 0 Å². The molecule has 0 aliphatic carbocycles. The van der Waals surface area contributed by atoms with E-state index in [1.165, 1.54) is 0 Å². The molecule has 6 nitrogen and oxygen atoms in total. The fourth-order valence-corrected chi connectivity index (χ4v) is 6.34. The highest BCUT2D eigenvalue weighted by Crippen LogP contribution is 2.44. The molecular formula is C39H38N4O2. The molecule has 0 saturated carbocycles. The molecule has 1 amide bonds. The van der Waals surface area contributed by atoms with Gasteiger partial charge in [-0.3, -0.25) is 9.69 Å². The van der Waals surface area contributed by atoms with E-state index in [2.05, 4.69) is 101 Å². The second-order valence-corrected chi connectivity index (χ2v) is 11.5. The molecule has 0 radical (unpaired) electrons. The van der Waals surface area contributed by atoms with Crippen molar-refractivity contribution in [1.29, 1.82) is 0 Å². The Kier molecular flexibility index (Phi) is 8.47. The van der Waals surface area contributed by atoms with Crippen LogP contribution in [0.5, 0.6) is 5.75 Å². The summed E-state index contributed by atoms with van der Waals surface area (Å²) in [4.78, 5) is 18.7. The highest BCUT2D eigenvalue weighted by Gasteiger charge is 2.41. The van der Waals surface area contributed by atoms with Crippen molar-refractivity contribution in [3.63, 3.8) is 0 Å². The van der Waals surface area contributed by atoms with Gasteiger partial charge in [0.2, 0.25) is 5.91 Å². The lowest BCUT2D eigenvalue weighted by Gasteiger charge is -2.37. The minimum Gasteiger partial charge on any atom is -0.491 e. The average Bonchev–Trinajstić information content (AvgIpc) is 3.67. The van der Waals surface area contributed by atoms with Gasteiger partial charge in [-0.25, -0.2) is 9.67 Å². The fraction of sp³-hybridized carbons (Fsp3) is 0.205. The van der Waals surface area contributed by atoms with E-state index < -0.39 is 5.54 Å². The maximum Gasteiger partial charge on any atom is 0.228 e. The van der Waals surface area contributed by atoms with Gasteiger partial charge in [0, 0.05) is 23.9 Å². The van der Waals surface area contributed by atoms with E-state index in [4.69, 9.17) is 9.84 Å². The number of carbonyl (C=O) groups excluding carboxylic acids is 1. The van der Waals surface area contributed by atoms with E-state index in [0.29, 0.717) is 18.8 Å². The van der Waals surface area contributed by atoms with Gasteiger partial charge in [-0.1, -0.05) is 97.1 Å². The van der Waals surface area contributed by atoms with E-state index in [1.54, 1.807) is 4.90 Å². The lowest BCUT2D eigenvalue weighted by Crippen LogP contribution is -2.38. The zero-order valence-corrected chi connectivity index (χ0v) is 26.1. The summed E-state index contributed by atoms with van der Waals surface area (Å²) in [5.74, 6) is 1.35. The van der Waals surface area contributed by atoms with E-state index in [-0.39, 0.29) is 12.0 Å². The molecule has 1 aromatic heterocycles. The van der Waals surface area contributed by atoms with Crippen molar-refractivity contribution in [3.05, 3.63) is 150 Å². The number of fused-ring (bicyclic) bond motifs is 1. The molecular weight excluding hydrogens is 556 g/mol. The number of aromatic nitrogens is 2. The smallest absolute Gasteiger partial charge is 0.228 e. The third-order valence-corrected chi connectivity index (χ3v) is 8.30. The van der Waals surface area contributed by atoms with Gasteiger partial charge in [0.15, 0.2) is 0 Å². The first-order chi connectivity index (χ1) is 22.0. The maximum atomic E-state index is 12.7. The van der Waals surface area contributed by atoms with Gasteiger partial charge in [0.25, 0.3) is 0 Å². The summed E-state index contributed by atoms with van der Waals surface area (Å²) in [7, 11) is 0. The predicted octanol–water partition coefficient (Wildman–Crippen LogP) is 8.23. The van der Waals surface area contributed by atoms with Crippen LogP contribution in [0.4, 0.5) is 0 Å². The SMILES string of the molecule is C=N/C(=C\C(=C/C)c1nn(C(c2ccccc2)(c2ccccc2)c2ccccc2)c2ccc(OC(C)C)cc12)N1CCCC1=O. The number of rotatable bonds is 10. The van der Waals surface area contributed by atoms with Gasteiger partial charge in [0.1, 0.15) is 22.8 Å². The summed E-state index contributed by atoms with van der Waals surface area (Å²) >= 11 is 0. The second kappa shape index (κ2) is 12.8. The summed E-state index contributed by atoms with van der Waals surface area (Å²) in [5.41, 5.74) is 4.97. The highest BCUT2D eigenvalue weighted by molar-refractivity contribution is 5.95. The molecule has 0 unspecified atom stereocenters. The fourth-order valence-electron chi connectivity index (χ4n) is 6.34. The number of allylic oxidation sites excluding steroid dienone is 3. The van der Waals surface area contributed by atoms with Crippen LogP contribution < -0.4 is 4.74 Å². The van der Waals surface area contributed by atoms with Crippen molar-refractivity contribution in [2.24, 2.45) is 4.99 Å². The number of benzene rings is 4. The predicted molar refractivity (Wildman–Crippen MR) is 182 cm³/mol. The van der Waals surface area contributed by atoms with Crippen LogP contribution in [0.2, 0.25) is 0 Å². The summed E-state index contributed by atoms with van der Waals surface area (Å²) in [6, 6.07) is 37.7. The molecule has 1 aliphatic heterocycles. The third-order valence-electron chi connectivity index (χ3n) is 8.30. The van der Waals surface area contributed by atoms with Gasteiger partial charge in [0.05, 0.1) is 11.6 Å². The number of hydrogen-bond donors (Lipinski definition) is 0. The van der Waals surface area contributed by atoms with Crippen LogP contribution >= 0.6 is 0 Å². The molecule has 1 saturated heterocycles. The topological polar surface area (TPSA) is 59.7 Å². The van der Waals surface area contributed by atoms with Crippen LogP contribution in [0, 0.1) is 0 Å². The molecule has 4 aromatic carbocycles. The van der Waals surface area contributed by atoms with Gasteiger partial charge >= 0.3 is 0 Å². The molecule has 226 valence electrons. The van der Waals surface area contributed by atoms with Crippen molar-refractivity contribution >= 4 is 29.1 Å². The number of hydrogen-bond acceptors (Lipinski definition) is 4. The average molecular weight is 595 g/mol. The van der Waals surface area contributed by atoms with Crippen molar-refractivity contribution in [3.8, 4) is 5.75 Å². The number of nitrogens with zero attached hydrogens (tertiary/aromatic N) is 4.